The van der Waals surface area contributed by atoms with Crippen LogP contribution < -0.4 is 10.6 Å². The standard InChI is InChI=1S/C18H20ClF2N3O.HI/c1-2-22-18(23-10-12-9-13(20)7-8-16(12)21)24-11-17(25)14-5-3-4-6-15(14)19;/h3-9,17,25H,2,10-11H2,1H3,(H2,22,23,24);1H. The van der Waals surface area contributed by atoms with Gasteiger partial charge in [-0.1, -0.05) is 29.8 Å². The van der Waals surface area contributed by atoms with Crippen molar-refractivity contribution in [2.24, 2.45) is 4.99 Å². The van der Waals surface area contributed by atoms with E-state index in [-0.39, 0.29) is 42.6 Å². The molecule has 2 aromatic carbocycles. The summed E-state index contributed by atoms with van der Waals surface area (Å²) in [6.07, 6.45) is -0.830. The number of nitrogens with one attached hydrogen (secondary N) is 2. The van der Waals surface area contributed by atoms with Crippen LogP contribution >= 0.6 is 35.6 Å². The van der Waals surface area contributed by atoms with E-state index in [0.717, 1.165) is 18.2 Å². The van der Waals surface area contributed by atoms with Crippen LogP contribution in [-0.4, -0.2) is 24.2 Å². The smallest absolute Gasteiger partial charge is 0.191 e. The van der Waals surface area contributed by atoms with E-state index in [1.807, 2.05) is 6.92 Å². The number of benzene rings is 2. The number of guanidine groups is 1. The van der Waals surface area contributed by atoms with Gasteiger partial charge in [-0.2, -0.15) is 0 Å². The molecular formula is C18H21ClF2IN3O. The minimum absolute atomic E-state index is 0. The second kappa shape index (κ2) is 11.3. The zero-order chi connectivity index (χ0) is 18.2. The van der Waals surface area contributed by atoms with Crippen molar-refractivity contribution in [3.8, 4) is 0 Å². The molecule has 0 radical (unpaired) electrons. The van der Waals surface area contributed by atoms with Crippen LogP contribution in [0, 0.1) is 11.6 Å². The molecule has 0 fully saturated rings. The Morgan fingerprint density at radius 1 is 1.19 bits per heavy atom. The lowest BCUT2D eigenvalue weighted by Gasteiger charge is -2.16. The van der Waals surface area contributed by atoms with Gasteiger partial charge >= 0.3 is 0 Å². The van der Waals surface area contributed by atoms with E-state index in [9.17, 15) is 13.9 Å². The van der Waals surface area contributed by atoms with E-state index in [1.54, 1.807) is 24.3 Å². The third-order valence-electron chi connectivity index (χ3n) is 3.49. The molecule has 0 aliphatic carbocycles. The van der Waals surface area contributed by atoms with Crippen molar-refractivity contribution in [1.82, 2.24) is 10.6 Å². The monoisotopic (exact) mass is 495 g/mol. The van der Waals surface area contributed by atoms with Gasteiger partial charge in [-0.3, -0.25) is 0 Å². The van der Waals surface area contributed by atoms with E-state index in [4.69, 9.17) is 11.6 Å². The van der Waals surface area contributed by atoms with Gasteiger partial charge in [0.25, 0.3) is 0 Å². The summed E-state index contributed by atoms with van der Waals surface area (Å²) in [6.45, 7) is 2.60. The molecule has 0 spiro atoms. The summed E-state index contributed by atoms with van der Waals surface area (Å²) in [5.41, 5.74) is 0.757. The number of aliphatic imine (C=N–C) groups is 1. The Morgan fingerprint density at radius 3 is 2.62 bits per heavy atom. The van der Waals surface area contributed by atoms with E-state index < -0.39 is 17.7 Å². The number of rotatable bonds is 6. The minimum atomic E-state index is -0.830. The molecule has 142 valence electrons. The molecule has 4 nitrogen and oxygen atoms in total. The van der Waals surface area contributed by atoms with Crippen LogP contribution in [0.1, 0.15) is 24.2 Å². The Labute approximate surface area is 173 Å². The molecule has 0 aliphatic heterocycles. The first-order chi connectivity index (χ1) is 12.0. The molecule has 0 aliphatic rings. The van der Waals surface area contributed by atoms with Gasteiger partial charge in [0, 0.05) is 29.2 Å². The van der Waals surface area contributed by atoms with Crippen molar-refractivity contribution in [3.63, 3.8) is 0 Å². The third kappa shape index (κ3) is 6.69. The van der Waals surface area contributed by atoms with E-state index in [1.165, 1.54) is 0 Å². The summed E-state index contributed by atoms with van der Waals surface area (Å²) < 4.78 is 26.9. The fourth-order valence-electron chi connectivity index (χ4n) is 2.22. The highest BCUT2D eigenvalue weighted by atomic mass is 127. The number of halogens is 4. The van der Waals surface area contributed by atoms with Crippen molar-refractivity contribution in [2.45, 2.75) is 19.6 Å². The first kappa shape index (κ1) is 22.6. The van der Waals surface area contributed by atoms with Gasteiger partial charge in [-0.25, -0.2) is 13.8 Å². The van der Waals surface area contributed by atoms with E-state index >= 15 is 0 Å². The number of aliphatic hydroxyl groups excluding tert-OH is 1. The molecule has 2 rings (SSSR count). The summed E-state index contributed by atoms with van der Waals surface area (Å²) in [5.74, 6) is -0.645. The lowest BCUT2D eigenvalue weighted by Crippen LogP contribution is -2.39. The van der Waals surface area contributed by atoms with Crippen molar-refractivity contribution < 1.29 is 13.9 Å². The summed E-state index contributed by atoms with van der Waals surface area (Å²) >= 11 is 6.06. The number of nitrogens with zero attached hydrogens (tertiary/aromatic N) is 1. The fraction of sp³-hybridized carbons (Fsp3) is 0.278. The maximum absolute atomic E-state index is 13.7. The predicted molar refractivity (Wildman–Crippen MR) is 111 cm³/mol. The van der Waals surface area contributed by atoms with E-state index in [0.29, 0.717) is 23.1 Å². The molecule has 1 atom stereocenters. The topological polar surface area (TPSA) is 56.7 Å². The number of aliphatic hydroxyl groups is 1. The zero-order valence-electron chi connectivity index (χ0n) is 14.2. The number of hydrogen-bond donors (Lipinski definition) is 3. The second-order valence-electron chi connectivity index (χ2n) is 5.35. The van der Waals surface area contributed by atoms with Crippen LogP contribution in [-0.2, 0) is 6.54 Å². The predicted octanol–water partition coefficient (Wildman–Crippen LogP) is 4.02. The molecule has 1 unspecified atom stereocenters. The van der Waals surface area contributed by atoms with Crippen molar-refractivity contribution >= 4 is 41.5 Å². The van der Waals surface area contributed by atoms with Gasteiger partial charge in [0.05, 0.1) is 12.6 Å². The Morgan fingerprint density at radius 2 is 1.92 bits per heavy atom. The summed E-state index contributed by atoms with van der Waals surface area (Å²) in [7, 11) is 0. The maximum Gasteiger partial charge on any atom is 0.191 e. The largest absolute Gasteiger partial charge is 0.387 e. The molecule has 8 heteroatoms. The molecular weight excluding hydrogens is 475 g/mol. The van der Waals surface area contributed by atoms with Gasteiger partial charge in [-0.05, 0) is 31.2 Å². The summed E-state index contributed by atoms with van der Waals surface area (Å²) in [5, 5.41) is 16.7. The molecule has 0 aromatic heterocycles. The molecule has 0 bridgehead atoms. The first-order valence-electron chi connectivity index (χ1n) is 7.90. The van der Waals surface area contributed by atoms with Crippen LogP contribution in [0.5, 0.6) is 0 Å². The Balaban J connectivity index is 0.00000338. The lowest BCUT2D eigenvalue weighted by atomic mass is 10.1. The van der Waals surface area contributed by atoms with E-state index in [2.05, 4.69) is 15.6 Å². The van der Waals surface area contributed by atoms with Crippen LogP contribution in [0.25, 0.3) is 0 Å². The zero-order valence-corrected chi connectivity index (χ0v) is 17.3. The average Bonchev–Trinajstić information content (AvgIpc) is 2.60. The average molecular weight is 496 g/mol. The highest BCUT2D eigenvalue weighted by molar-refractivity contribution is 14.0. The molecule has 2 aromatic rings. The quantitative estimate of drug-likeness (QED) is 0.322. The molecule has 0 heterocycles. The highest BCUT2D eigenvalue weighted by Crippen LogP contribution is 2.21. The fourth-order valence-corrected chi connectivity index (χ4v) is 2.48. The Kier molecular flexibility index (Phi) is 9.82. The molecule has 3 N–H and O–H groups in total. The Hall–Kier alpha value is -1.45. The second-order valence-corrected chi connectivity index (χ2v) is 5.76. The van der Waals surface area contributed by atoms with Gasteiger partial charge in [0.1, 0.15) is 11.6 Å². The molecule has 0 amide bonds. The van der Waals surface area contributed by atoms with Gasteiger partial charge in [0.15, 0.2) is 5.96 Å². The normalized spacial score (nSPS) is 12.3. The van der Waals surface area contributed by atoms with Crippen molar-refractivity contribution in [2.75, 3.05) is 13.1 Å². The van der Waals surface area contributed by atoms with Gasteiger partial charge in [0.2, 0.25) is 0 Å². The van der Waals surface area contributed by atoms with Crippen LogP contribution in [0.15, 0.2) is 47.5 Å². The SMILES string of the molecule is CCNC(=NCc1cc(F)ccc1F)NCC(O)c1ccccc1Cl.I. The van der Waals surface area contributed by atoms with Gasteiger partial charge < -0.3 is 15.7 Å². The van der Waals surface area contributed by atoms with Crippen LogP contribution in [0.4, 0.5) is 8.78 Å². The lowest BCUT2D eigenvalue weighted by molar-refractivity contribution is 0.181. The summed E-state index contributed by atoms with van der Waals surface area (Å²) in [6, 6.07) is 10.3. The minimum Gasteiger partial charge on any atom is -0.387 e. The van der Waals surface area contributed by atoms with Crippen LogP contribution in [0.2, 0.25) is 5.02 Å². The first-order valence-corrected chi connectivity index (χ1v) is 8.27. The van der Waals surface area contributed by atoms with Gasteiger partial charge in [-0.15, -0.1) is 24.0 Å². The Bertz CT molecular complexity index is 746. The molecule has 26 heavy (non-hydrogen) atoms. The molecule has 0 saturated heterocycles. The third-order valence-corrected chi connectivity index (χ3v) is 3.83. The number of hydrogen-bond acceptors (Lipinski definition) is 2. The van der Waals surface area contributed by atoms with Crippen LogP contribution in [0.3, 0.4) is 0 Å². The highest BCUT2D eigenvalue weighted by Gasteiger charge is 2.12. The summed E-state index contributed by atoms with van der Waals surface area (Å²) in [4.78, 5) is 4.22. The molecule has 0 saturated carbocycles. The maximum atomic E-state index is 13.7. The van der Waals surface area contributed by atoms with Crippen molar-refractivity contribution in [1.29, 1.82) is 0 Å². The van der Waals surface area contributed by atoms with Crippen molar-refractivity contribution in [3.05, 3.63) is 70.2 Å².